The van der Waals surface area contributed by atoms with Crippen LogP contribution >= 0.6 is 11.8 Å². The number of anilines is 1. The van der Waals surface area contributed by atoms with E-state index in [2.05, 4.69) is 10.6 Å². The van der Waals surface area contributed by atoms with Crippen LogP contribution in [0.4, 0.5) is 5.69 Å². The molecule has 8 nitrogen and oxygen atoms in total. The molecule has 2 aromatic carbocycles. The number of nitrogens with one attached hydrogen (secondary N) is 2. The first-order chi connectivity index (χ1) is 14.7. The lowest BCUT2D eigenvalue weighted by atomic mass is 10.1. The minimum atomic E-state index is -3.72. The molecule has 0 saturated carbocycles. The van der Waals surface area contributed by atoms with Gasteiger partial charge in [-0.25, -0.2) is 8.42 Å². The largest absolute Gasteiger partial charge is 0.454 e. The highest BCUT2D eigenvalue weighted by Crippen LogP contribution is 2.37. The Labute approximate surface area is 184 Å². The Kier molecular flexibility index (Phi) is 5.85. The van der Waals surface area contributed by atoms with Gasteiger partial charge in [0, 0.05) is 17.4 Å². The van der Waals surface area contributed by atoms with Crippen LogP contribution in [0.15, 0.2) is 46.2 Å². The van der Waals surface area contributed by atoms with E-state index < -0.39 is 15.8 Å². The minimum absolute atomic E-state index is 0.0807. The van der Waals surface area contributed by atoms with Gasteiger partial charge in [0.1, 0.15) is 0 Å². The van der Waals surface area contributed by atoms with Gasteiger partial charge in [-0.05, 0) is 42.8 Å². The first-order valence-electron chi connectivity index (χ1n) is 9.73. The Morgan fingerprint density at radius 3 is 2.81 bits per heavy atom. The second kappa shape index (κ2) is 8.43. The van der Waals surface area contributed by atoms with E-state index in [4.69, 9.17) is 9.47 Å². The van der Waals surface area contributed by atoms with Gasteiger partial charge in [0.25, 0.3) is 0 Å². The van der Waals surface area contributed by atoms with E-state index >= 15 is 0 Å². The fraction of sp³-hybridized carbons (Fsp3) is 0.333. The number of hydrogen-bond donors (Lipinski definition) is 2. The third kappa shape index (κ3) is 4.64. The smallest absolute Gasteiger partial charge is 0.237 e. The summed E-state index contributed by atoms with van der Waals surface area (Å²) in [6, 6.07) is 10.0. The molecule has 0 radical (unpaired) electrons. The normalized spacial score (nSPS) is 18.1. The molecule has 0 bridgehead atoms. The Morgan fingerprint density at radius 2 is 2.00 bits per heavy atom. The molecule has 10 heteroatoms. The number of hydrogen-bond acceptors (Lipinski definition) is 7. The molecule has 2 aliphatic rings. The number of benzene rings is 2. The van der Waals surface area contributed by atoms with Crippen molar-refractivity contribution in [2.24, 2.45) is 5.92 Å². The number of ether oxygens (including phenoxy) is 2. The summed E-state index contributed by atoms with van der Waals surface area (Å²) in [5.41, 5.74) is 1.30. The molecule has 4 rings (SSSR count). The maximum atomic E-state index is 12.9. The zero-order valence-electron chi connectivity index (χ0n) is 17.0. The monoisotopic (exact) mass is 462 g/mol. The van der Waals surface area contributed by atoms with Crippen LogP contribution in [-0.2, 0) is 26.0 Å². The number of carbonyl (C=O) groups excluding carboxylic acids is 2. The molecular formula is C21H22N2O6S2. The quantitative estimate of drug-likeness (QED) is 0.679. The van der Waals surface area contributed by atoms with Crippen LogP contribution in [0.2, 0.25) is 0 Å². The third-order valence-corrected chi connectivity index (χ3v) is 8.15. The van der Waals surface area contributed by atoms with Crippen molar-refractivity contribution in [1.82, 2.24) is 5.32 Å². The highest BCUT2D eigenvalue weighted by Gasteiger charge is 2.27. The second-order valence-electron chi connectivity index (χ2n) is 7.50. The van der Waals surface area contributed by atoms with Crippen molar-refractivity contribution in [2.75, 3.05) is 17.9 Å². The van der Waals surface area contributed by atoms with Gasteiger partial charge in [-0.3, -0.25) is 9.59 Å². The van der Waals surface area contributed by atoms with Gasteiger partial charge in [0.15, 0.2) is 21.3 Å². The van der Waals surface area contributed by atoms with Crippen molar-refractivity contribution in [2.45, 2.75) is 35.4 Å². The molecule has 0 saturated heterocycles. The minimum Gasteiger partial charge on any atom is -0.454 e. The van der Waals surface area contributed by atoms with E-state index in [9.17, 15) is 18.0 Å². The van der Waals surface area contributed by atoms with Crippen molar-refractivity contribution in [3.05, 3.63) is 42.0 Å². The van der Waals surface area contributed by atoms with E-state index in [-0.39, 0.29) is 41.1 Å². The molecule has 2 heterocycles. The average molecular weight is 463 g/mol. The van der Waals surface area contributed by atoms with Crippen LogP contribution < -0.4 is 20.1 Å². The first kappa shape index (κ1) is 21.5. The fourth-order valence-corrected chi connectivity index (χ4v) is 5.80. The predicted octanol–water partition coefficient (Wildman–Crippen LogP) is 2.57. The average Bonchev–Trinajstić information content (AvgIpc) is 3.20. The lowest BCUT2D eigenvalue weighted by Crippen LogP contribution is -2.33. The summed E-state index contributed by atoms with van der Waals surface area (Å²) < 4.78 is 36.3. The Bertz CT molecular complexity index is 1150. The zero-order valence-corrected chi connectivity index (χ0v) is 18.6. The van der Waals surface area contributed by atoms with Gasteiger partial charge in [0.2, 0.25) is 18.6 Å². The van der Waals surface area contributed by atoms with Gasteiger partial charge >= 0.3 is 0 Å². The number of amides is 2. The van der Waals surface area contributed by atoms with Gasteiger partial charge < -0.3 is 20.1 Å². The van der Waals surface area contributed by atoms with E-state index in [0.717, 1.165) is 10.5 Å². The highest BCUT2D eigenvalue weighted by molar-refractivity contribution is 8.01. The van der Waals surface area contributed by atoms with Crippen molar-refractivity contribution in [1.29, 1.82) is 0 Å². The number of rotatable bonds is 6. The van der Waals surface area contributed by atoms with Crippen molar-refractivity contribution in [3.63, 3.8) is 0 Å². The highest BCUT2D eigenvalue weighted by atomic mass is 32.2. The molecule has 164 valence electrons. The molecule has 0 fully saturated rings. The van der Waals surface area contributed by atoms with E-state index in [1.165, 1.54) is 23.9 Å². The molecule has 31 heavy (non-hydrogen) atoms. The van der Waals surface area contributed by atoms with Gasteiger partial charge in [0.05, 0.1) is 21.6 Å². The summed E-state index contributed by atoms with van der Waals surface area (Å²) in [5.74, 6) is -0.340. The molecule has 0 spiro atoms. The Hall–Kier alpha value is -2.72. The first-order valence-corrected chi connectivity index (χ1v) is 12.3. The third-order valence-electron chi connectivity index (χ3n) is 5.06. The molecular weight excluding hydrogens is 440 g/mol. The summed E-state index contributed by atoms with van der Waals surface area (Å²) in [6.45, 7) is 3.78. The lowest BCUT2D eigenvalue weighted by molar-refractivity contribution is -0.124. The van der Waals surface area contributed by atoms with Crippen LogP contribution in [0.3, 0.4) is 0 Å². The summed E-state index contributed by atoms with van der Waals surface area (Å²) >= 11 is 1.38. The summed E-state index contributed by atoms with van der Waals surface area (Å²) in [4.78, 5) is 25.3. The van der Waals surface area contributed by atoms with Gasteiger partial charge in [-0.15, -0.1) is 11.8 Å². The standard InChI is InChI=1S/C21H22N2O6S2/c1-12(20(24)22-9-14-3-5-17-18(7-14)29-11-28-17)10-31(26,27)15-4-6-19-16(8-15)23-21(25)13(2)30-19/h3-8,12-13H,9-11H2,1-2H3,(H,22,24)(H,23,25)/t12-,13+/m1/s1. The fourth-order valence-electron chi connectivity index (χ4n) is 3.30. The predicted molar refractivity (Wildman–Crippen MR) is 116 cm³/mol. The van der Waals surface area contributed by atoms with E-state index in [1.54, 1.807) is 32.0 Å². The van der Waals surface area contributed by atoms with Crippen molar-refractivity contribution >= 4 is 39.1 Å². The maximum Gasteiger partial charge on any atom is 0.237 e. The molecule has 2 aliphatic heterocycles. The van der Waals surface area contributed by atoms with Crippen LogP contribution in [0.1, 0.15) is 19.4 Å². The van der Waals surface area contributed by atoms with Crippen molar-refractivity contribution in [3.8, 4) is 11.5 Å². The number of carbonyl (C=O) groups is 2. The number of thioether (sulfide) groups is 1. The topological polar surface area (TPSA) is 111 Å². The summed E-state index contributed by atoms with van der Waals surface area (Å²) in [5, 5.41) is 5.26. The van der Waals surface area contributed by atoms with Crippen molar-refractivity contribution < 1.29 is 27.5 Å². The lowest BCUT2D eigenvalue weighted by Gasteiger charge is -2.22. The zero-order chi connectivity index (χ0) is 22.2. The van der Waals surface area contributed by atoms with Crippen LogP contribution in [-0.4, -0.2) is 38.0 Å². The molecule has 0 aliphatic carbocycles. The second-order valence-corrected chi connectivity index (χ2v) is 10.9. The molecule has 0 unspecified atom stereocenters. The summed E-state index contributed by atoms with van der Waals surface area (Å²) in [7, 11) is -3.72. The van der Waals surface area contributed by atoms with Crippen LogP contribution in [0.25, 0.3) is 0 Å². The van der Waals surface area contributed by atoms with Crippen LogP contribution in [0, 0.1) is 5.92 Å². The van der Waals surface area contributed by atoms with E-state index in [0.29, 0.717) is 17.2 Å². The van der Waals surface area contributed by atoms with Crippen LogP contribution in [0.5, 0.6) is 11.5 Å². The molecule has 2 aromatic rings. The molecule has 2 N–H and O–H groups in total. The Balaban J connectivity index is 1.39. The summed E-state index contributed by atoms with van der Waals surface area (Å²) in [6.07, 6.45) is 0. The Morgan fingerprint density at radius 1 is 1.23 bits per heavy atom. The molecule has 0 aromatic heterocycles. The number of fused-ring (bicyclic) bond motifs is 2. The maximum absolute atomic E-state index is 12.9. The van der Waals surface area contributed by atoms with Gasteiger partial charge in [-0.1, -0.05) is 13.0 Å². The van der Waals surface area contributed by atoms with Gasteiger partial charge in [-0.2, -0.15) is 0 Å². The molecule has 2 atom stereocenters. The molecule has 2 amide bonds. The SMILES string of the molecule is C[C@H](CS(=O)(=O)c1ccc2c(c1)NC(=O)[C@H](C)S2)C(=O)NCc1ccc2c(c1)OCO2. The number of sulfone groups is 1. The van der Waals surface area contributed by atoms with E-state index in [1.807, 2.05) is 6.07 Å².